The molecule has 3 rings (SSSR count). The zero-order valence-corrected chi connectivity index (χ0v) is 14.6. The molecular weight excluding hydrogens is 338 g/mol. The second-order valence-electron chi connectivity index (χ2n) is 5.73. The van der Waals surface area contributed by atoms with Gasteiger partial charge in [-0.05, 0) is 36.2 Å². The largest absolute Gasteiger partial charge is 0.342 e. The summed E-state index contributed by atoms with van der Waals surface area (Å²) >= 11 is 0. The molecule has 0 aromatic heterocycles. The molecule has 0 radical (unpaired) electrons. The van der Waals surface area contributed by atoms with Gasteiger partial charge in [-0.1, -0.05) is 31.2 Å². The molecule has 2 N–H and O–H groups in total. The lowest BCUT2D eigenvalue weighted by molar-refractivity contribution is -0.116. The van der Waals surface area contributed by atoms with E-state index in [1.165, 1.54) is 11.6 Å². The number of carbonyl (C=O) groups is 1. The molecule has 0 atom stereocenters. The number of hydrogen-bond donors (Lipinski definition) is 2. The predicted molar refractivity (Wildman–Crippen MR) is 98.4 cm³/mol. The normalized spacial score (nSPS) is 14.8. The van der Waals surface area contributed by atoms with Crippen molar-refractivity contribution in [2.24, 2.45) is 4.40 Å². The summed E-state index contributed by atoms with van der Waals surface area (Å²) in [4.78, 5) is 12.2. The fourth-order valence-corrected chi connectivity index (χ4v) is 3.73. The zero-order valence-electron chi connectivity index (χ0n) is 13.8. The highest BCUT2D eigenvalue weighted by molar-refractivity contribution is 7.90. The fourth-order valence-electron chi connectivity index (χ4n) is 2.55. The highest BCUT2D eigenvalue weighted by Gasteiger charge is 2.24. The number of nitrogens with one attached hydrogen (secondary N) is 2. The van der Waals surface area contributed by atoms with E-state index in [1.54, 1.807) is 18.2 Å². The van der Waals surface area contributed by atoms with Crippen molar-refractivity contribution in [1.82, 2.24) is 0 Å². The van der Waals surface area contributed by atoms with E-state index < -0.39 is 10.0 Å². The van der Waals surface area contributed by atoms with Crippen molar-refractivity contribution < 1.29 is 13.2 Å². The number of benzene rings is 2. The van der Waals surface area contributed by atoms with Crippen molar-refractivity contribution in [3.63, 3.8) is 0 Å². The topological polar surface area (TPSA) is 87.6 Å². The molecule has 2 aromatic carbocycles. The summed E-state index contributed by atoms with van der Waals surface area (Å²) in [5.74, 6) is 0.0835. The number of nitrogens with zero attached hydrogens (tertiary/aromatic N) is 1. The average molecular weight is 357 g/mol. The van der Waals surface area contributed by atoms with Gasteiger partial charge < -0.3 is 10.6 Å². The standard InChI is InChI=1S/C18H19N3O3S/c1-2-13-7-9-14(10-8-13)19-18(22)12-11-17-20-15-5-3-4-6-16(15)25(23,24)21-17/h3-10H,2,11-12H2,1H3,(H,19,22)(H,20,21). The van der Waals surface area contributed by atoms with Crippen molar-refractivity contribution in [1.29, 1.82) is 0 Å². The second kappa shape index (κ2) is 7.06. The molecule has 0 saturated heterocycles. The number of anilines is 2. The molecule has 7 heteroatoms. The van der Waals surface area contributed by atoms with Crippen molar-refractivity contribution in [2.75, 3.05) is 10.6 Å². The van der Waals surface area contributed by atoms with E-state index in [0.717, 1.165) is 12.1 Å². The highest BCUT2D eigenvalue weighted by Crippen LogP contribution is 2.27. The van der Waals surface area contributed by atoms with E-state index in [9.17, 15) is 13.2 Å². The van der Waals surface area contributed by atoms with Crippen LogP contribution in [-0.2, 0) is 21.2 Å². The van der Waals surface area contributed by atoms with Gasteiger partial charge in [0.05, 0.1) is 5.69 Å². The van der Waals surface area contributed by atoms with Crippen LogP contribution in [0.4, 0.5) is 11.4 Å². The van der Waals surface area contributed by atoms with Gasteiger partial charge in [-0.3, -0.25) is 4.79 Å². The number of carbonyl (C=O) groups excluding carboxylic acids is 1. The number of hydrogen-bond acceptors (Lipinski definition) is 4. The summed E-state index contributed by atoms with van der Waals surface area (Å²) in [6.07, 6.45) is 1.29. The van der Waals surface area contributed by atoms with Gasteiger partial charge in [0.1, 0.15) is 10.7 Å². The summed E-state index contributed by atoms with van der Waals surface area (Å²) in [6, 6.07) is 14.2. The number of fused-ring (bicyclic) bond motifs is 1. The quantitative estimate of drug-likeness (QED) is 0.860. The van der Waals surface area contributed by atoms with Gasteiger partial charge >= 0.3 is 0 Å². The molecule has 6 nitrogen and oxygen atoms in total. The van der Waals surface area contributed by atoms with Crippen molar-refractivity contribution in [2.45, 2.75) is 31.1 Å². The molecule has 0 aliphatic carbocycles. The molecule has 0 fully saturated rings. The lowest BCUT2D eigenvalue weighted by Gasteiger charge is -2.17. The summed E-state index contributed by atoms with van der Waals surface area (Å²) in [5, 5.41) is 5.78. The molecule has 1 aliphatic rings. The Morgan fingerprint density at radius 1 is 1.12 bits per heavy atom. The molecule has 0 saturated carbocycles. The van der Waals surface area contributed by atoms with E-state index in [0.29, 0.717) is 5.69 Å². The van der Waals surface area contributed by atoms with Crippen LogP contribution in [-0.4, -0.2) is 20.2 Å². The minimum absolute atomic E-state index is 0.138. The first-order chi connectivity index (χ1) is 12.0. The third-order valence-corrected chi connectivity index (χ3v) is 5.28. The maximum Gasteiger partial charge on any atom is 0.286 e. The molecule has 25 heavy (non-hydrogen) atoms. The maximum absolute atomic E-state index is 12.2. The van der Waals surface area contributed by atoms with E-state index >= 15 is 0 Å². The highest BCUT2D eigenvalue weighted by atomic mass is 32.2. The molecular formula is C18H19N3O3S. The Morgan fingerprint density at radius 2 is 1.84 bits per heavy atom. The number of aryl methyl sites for hydroxylation is 1. The van der Waals surface area contributed by atoms with Gasteiger partial charge in [-0.2, -0.15) is 8.42 Å². The smallest absolute Gasteiger partial charge is 0.286 e. The van der Waals surface area contributed by atoms with Crippen LogP contribution in [0.25, 0.3) is 0 Å². The third-order valence-electron chi connectivity index (χ3n) is 3.91. The Kier molecular flexibility index (Phi) is 4.85. The van der Waals surface area contributed by atoms with E-state index in [2.05, 4.69) is 22.0 Å². The van der Waals surface area contributed by atoms with Crippen LogP contribution in [0.2, 0.25) is 0 Å². The van der Waals surface area contributed by atoms with E-state index in [4.69, 9.17) is 0 Å². The summed E-state index contributed by atoms with van der Waals surface area (Å²) in [6.45, 7) is 2.07. The van der Waals surface area contributed by atoms with E-state index in [1.807, 2.05) is 24.3 Å². The number of para-hydroxylation sites is 1. The fraction of sp³-hybridized carbons (Fsp3) is 0.222. The van der Waals surface area contributed by atoms with Crippen LogP contribution >= 0.6 is 0 Å². The zero-order chi connectivity index (χ0) is 17.9. The number of rotatable bonds is 5. The Morgan fingerprint density at radius 3 is 2.56 bits per heavy atom. The first kappa shape index (κ1) is 17.2. The second-order valence-corrected chi connectivity index (χ2v) is 7.31. The van der Waals surface area contributed by atoms with Gasteiger partial charge in [0.25, 0.3) is 10.0 Å². The Bertz CT molecular complexity index is 919. The third kappa shape index (κ3) is 4.06. The van der Waals surface area contributed by atoms with Crippen molar-refractivity contribution in [3.8, 4) is 0 Å². The minimum Gasteiger partial charge on any atom is -0.342 e. The Labute approximate surface area is 147 Å². The lowest BCUT2D eigenvalue weighted by atomic mass is 10.1. The molecule has 1 heterocycles. The van der Waals surface area contributed by atoms with Crippen LogP contribution in [0.1, 0.15) is 25.3 Å². The monoisotopic (exact) mass is 357 g/mol. The molecule has 1 aliphatic heterocycles. The predicted octanol–water partition coefficient (Wildman–Crippen LogP) is 3.18. The van der Waals surface area contributed by atoms with Crippen LogP contribution in [0.15, 0.2) is 57.8 Å². The molecule has 2 aromatic rings. The molecule has 0 bridgehead atoms. The van der Waals surface area contributed by atoms with Gasteiger partial charge in [-0.15, -0.1) is 4.40 Å². The van der Waals surface area contributed by atoms with E-state index in [-0.39, 0.29) is 29.5 Å². The molecule has 0 spiro atoms. The lowest BCUT2D eigenvalue weighted by Crippen LogP contribution is -2.23. The Balaban J connectivity index is 1.62. The SMILES string of the molecule is CCc1ccc(NC(=O)CCC2=NS(=O)(=O)c3ccccc3N2)cc1. The summed E-state index contributed by atoms with van der Waals surface area (Å²) in [5.41, 5.74) is 2.41. The van der Waals surface area contributed by atoms with Gasteiger partial charge in [-0.25, -0.2) is 0 Å². The van der Waals surface area contributed by atoms with Gasteiger partial charge in [0, 0.05) is 18.5 Å². The number of amides is 1. The number of amidine groups is 1. The van der Waals surface area contributed by atoms with Crippen LogP contribution in [0.3, 0.4) is 0 Å². The molecule has 0 unspecified atom stereocenters. The van der Waals surface area contributed by atoms with Crippen LogP contribution in [0, 0.1) is 0 Å². The summed E-state index contributed by atoms with van der Waals surface area (Å²) < 4.78 is 28.1. The van der Waals surface area contributed by atoms with Crippen LogP contribution < -0.4 is 10.6 Å². The Hall–Kier alpha value is -2.67. The van der Waals surface area contributed by atoms with Crippen molar-refractivity contribution in [3.05, 3.63) is 54.1 Å². The average Bonchev–Trinajstić information content (AvgIpc) is 2.60. The maximum atomic E-state index is 12.2. The van der Waals surface area contributed by atoms with Gasteiger partial charge in [0.15, 0.2) is 0 Å². The molecule has 1 amide bonds. The molecule has 130 valence electrons. The first-order valence-electron chi connectivity index (χ1n) is 8.06. The van der Waals surface area contributed by atoms with Crippen LogP contribution in [0.5, 0.6) is 0 Å². The number of sulfonamides is 1. The van der Waals surface area contributed by atoms with Crippen molar-refractivity contribution >= 4 is 33.1 Å². The first-order valence-corrected chi connectivity index (χ1v) is 9.50. The minimum atomic E-state index is -3.71. The summed E-state index contributed by atoms with van der Waals surface area (Å²) in [7, 11) is -3.71. The van der Waals surface area contributed by atoms with Gasteiger partial charge in [0.2, 0.25) is 5.91 Å².